The smallest absolute Gasteiger partial charge is 0.337 e. The van der Waals surface area contributed by atoms with Crippen LogP contribution in [-0.4, -0.2) is 90.3 Å². The molecule has 4 amide bonds. The van der Waals surface area contributed by atoms with Gasteiger partial charge in [-0.3, -0.25) is 9.59 Å². The number of carbonyl (C=O) groups is 3. The monoisotopic (exact) mass is 551 g/mol. The zero-order valence-electron chi connectivity index (χ0n) is 21.5. The van der Waals surface area contributed by atoms with Crippen LogP contribution < -0.4 is 4.90 Å². The minimum Gasteiger partial charge on any atom is -0.372 e. The molecule has 2 saturated heterocycles. The van der Waals surface area contributed by atoms with Crippen molar-refractivity contribution in [2.24, 2.45) is 5.41 Å². The van der Waals surface area contributed by atoms with E-state index in [1.165, 1.54) is 25.2 Å². The normalized spacial score (nSPS) is 24.8. The summed E-state index contributed by atoms with van der Waals surface area (Å²) >= 11 is 1.09. The first-order valence-electron chi connectivity index (χ1n) is 12.0. The molecular weight excluding hydrogens is 524 g/mol. The van der Waals surface area contributed by atoms with Crippen LogP contribution in [0.1, 0.15) is 24.4 Å². The molecule has 5 rings (SSSR count). The molecule has 0 radical (unpaired) electrons. The van der Waals surface area contributed by atoms with Gasteiger partial charge < -0.3 is 19.1 Å². The lowest BCUT2D eigenvalue weighted by atomic mass is 9.65. The molecular formula is C24H27F2N5O6S. The molecule has 0 saturated carbocycles. The van der Waals surface area contributed by atoms with E-state index >= 15 is 8.78 Å². The predicted molar refractivity (Wildman–Crippen MR) is 130 cm³/mol. The number of carbonyl (C=O) groups excluding carboxylic acids is 3. The van der Waals surface area contributed by atoms with E-state index in [2.05, 4.69) is 10.2 Å². The highest BCUT2D eigenvalue weighted by molar-refractivity contribution is 7.14. The molecule has 0 aliphatic carbocycles. The van der Waals surface area contributed by atoms with Crippen LogP contribution in [0.2, 0.25) is 0 Å². The van der Waals surface area contributed by atoms with Crippen molar-refractivity contribution in [2.45, 2.75) is 45.4 Å². The zero-order valence-corrected chi connectivity index (χ0v) is 22.3. The summed E-state index contributed by atoms with van der Waals surface area (Å²) in [6.07, 6.45) is -1.48. The third kappa shape index (κ3) is 3.73. The van der Waals surface area contributed by atoms with Gasteiger partial charge in [0.2, 0.25) is 0 Å². The molecule has 2 aromatic rings. The van der Waals surface area contributed by atoms with Crippen molar-refractivity contribution < 1.29 is 37.4 Å². The maximum absolute atomic E-state index is 15.9. The standard InChI is InChI=1S/C24H27F2N5O6S/c1-11-8-29-18-14(6-15(16(25)17(18)26)20-28-27-13(3)38-20)7-24(19(29)12(2)37-11)21(32)30(9-35-4)23(34)31(10-36-5)22(24)33/h6,11-12,19H,7-10H2,1-5H3/t11-,12+,19?/m0/s1. The molecule has 38 heavy (non-hydrogen) atoms. The number of aryl methyl sites for hydroxylation is 1. The Kier molecular flexibility index (Phi) is 6.70. The van der Waals surface area contributed by atoms with Gasteiger partial charge >= 0.3 is 6.03 Å². The maximum Gasteiger partial charge on any atom is 0.337 e. The molecule has 11 nitrogen and oxygen atoms in total. The van der Waals surface area contributed by atoms with E-state index in [-0.39, 0.29) is 34.8 Å². The van der Waals surface area contributed by atoms with Gasteiger partial charge in [-0.15, -0.1) is 10.2 Å². The third-order valence-corrected chi connectivity index (χ3v) is 8.06. The van der Waals surface area contributed by atoms with Gasteiger partial charge in [-0.05, 0) is 32.4 Å². The molecule has 2 fully saturated rings. The Morgan fingerprint density at radius 2 is 1.71 bits per heavy atom. The first kappa shape index (κ1) is 26.5. The summed E-state index contributed by atoms with van der Waals surface area (Å²) in [6.45, 7) is 4.39. The molecule has 1 aromatic heterocycles. The largest absolute Gasteiger partial charge is 0.372 e. The molecule has 204 valence electrons. The second-order valence-corrected chi connectivity index (χ2v) is 10.8. The summed E-state index contributed by atoms with van der Waals surface area (Å²) < 4.78 is 47.6. The number of urea groups is 1. The van der Waals surface area contributed by atoms with Crippen LogP contribution in [0, 0.1) is 24.0 Å². The Balaban J connectivity index is 1.77. The number of imide groups is 2. The molecule has 0 bridgehead atoms. The van der Waals surface area contributed by atoms with E-state index < -0.39 is 66.6 Å². The lowest BCUT2D eigenvalue weighted by Crippen LogP contribution is -2.76. The first-order valence-corrected chi connectivity index (χ1v) is 12.8. The first-order chi connectivity index (χ1) is 18.1. The average Bonchev–Trinajstić information content (AvgIpc) is 3.30. The molecule has 3 aliphatic heterocycles. The van der Waals surface area contributed by atoms with Crippen molar-refractivity contribution >= 4 is 34.9 Å². The molecule has 1 spiro atoms. The van der Waals surface area contributed by atoms with E-state index in [4.69, 9.17) is 14.2 Å². The number of nitrogens with zero attached hydrogens (tertiary/aromatic N) is 5. The number of rotatable bonds is 5. The fraction of sp³-hybridized carbons (Fsp3) is 0.542. The Bertz CT molecular complexity index is 1290. The third-order valence-electron chi connectivity index (χ3n) is 7.19. The number of benzene rings is 1. The maximum atomic E-state index is 15.9. The number of ether oxygens (including phenoxy) is 3. The Labute approximate surface area is 221 Å². The molecule has 14 heteroatoms. The summed E-state index contributed by atoms with van der Waals surface area (Å²) in [5, 5.41) is 8.59. The van der Waals surface area contributed by atoms with Gasteiger partial charge in [0.1, 0.15) is 18.5 Å². The van der Waals surface area contributed by atoms with Crippen LogP contribution in [-0.2, 0) is 30.2 Å². The van der Waals surface area contributed by atoms with Gasteiger partial charge in [0.05, 0.1) is 29.5 Å². The molecule has 0 N–H and O–H groups in total. The lowest BCUT2D eigenvalue weighted by Gasteiger charge is -2.57. The SMILES string of the molecule is COCN1C(=O)N(COC)C(=O)C2(Cc3cc(-c4nnc(C)s4)c(F)c(F)c3N3C[C@H](C)O[C@H](C)C32)C1=O. The fourth-order valence-electron chi connectivity index (χ4n) is 5.89. The quantitative estimate of drug-likeness (QED) is 0.517. The van der Waals surface area contributed by atoms with E-state index in [0.717, 1.165) is 21.1 Å². The van der Waals surface area contributed by atoms with E-state index in [1.807, 2.05) is 0 Å². The van der Waals surface area contributed by atoms with Gasteiger partial charge in [0.15, 0.2) is 22.1 Å². The van der Waals surface area contributed by atoms with Gasteiger partial charge in [0, 0.05) is 27.2 Å². The topological polar surface area (TPSA) is 114 Å². The van der Waals surface area contributed by atoms with Gasteiger partial charge in [-0.25, -0.2) is 23.4 Å². The highest BCUT2D eigenvalue weighted by atomic mass is 32.1. The molecule has 3 atom stereocenters. The minimum absolute atomic E-state index is 0.0424. The minimum atomic E-state index is -1.91. The van der Waals surface area contributed by atoms with Crippen molar-refractivity contribution in [1.82, 2.24) is 20.0 Å². The van der Waals surface area contributed by atoms with Crippen molar-refractivity contribution in [3.63, 3.8) is 0 Å². The number of amides is 4. The van der Waals surface area contributed by atoms with E-state index in [9.17, 15) is 14.4 Å². The van der Waals surface area contributed by atoms with Crippen molar-refractivity contribution in [3.8, 4) is 10.6 Å². The van der Waals surface area contributed by atoms with Crippen molar-refractivity contribution in [3.05, 3.63) is 28.3 Å². The van der Waals surface area contributed by atoms with Crippen LogP contribution in [0.4, 0.5) is 19.3 Å². The average molecular weight is 552 g/mol. The molecule has 1 unspecified atom stereocenters. The number of halogens is 2. The zero-order chi connectivity index (χ0) is 27.5. The van der Waals surface area contributed by atoms with Crippen LogP contribution in [0.25, 0.3) is 10.6 Å². The number of anilines is 1. The molecule has 4 heterocycles. The second-order valence-electron chi connectivity index (χ2n) is 9.67. The number of fused-ring (bicyclic) bond motifs is 4. The highest BCUT2D eigenvalue weighted by Gasteiger charge is 2.67. The van der Waals surface area contributed by atoms with Crippen LogP contribution in [0.3, 0.4) is 0 Å². The Morgan fingerprint density at radius 3 is 2.26 bits per heavy atom. The van der Waals surface area contributed by atoms with Crippen molar-refractivity contribution in [1.29, 1.82) is 0 Å². The number of methoxy groups -OCH3 is 2. The van der Waals surface area contributed by atoms with E-state index in [0.29, 0.717) is 5.01 Å². The summed E-state index contributed by atoms with van der Waals surface area (Å²) in [7, 11) is 2.63. The molecule has 1 aromatic carbocycles. The van der Waals surface area contributed by atoms with Gasteiger partial charge in [0.25, 0.3) is 11.8 Å². The number of aromatic nitrogens is 2. The Morgan fingerprint density at radius 1 is 1.08 bits per heavy atom. The van der Waals surface area contributed by atoms with Gasteiger partial charge in [-0.1, -0.05) is 11.3 Å². The summed E-state index contributed by atoms with van der Waals surface area (Å²) in [6, 6.07) is -0.518. The number of hydrogen-bond acceptors (Lipinski definition) is 10. The summed E-state index contributed by atoms with van der Waals surface area (Å²) in [5.41, 5.74) is -1.84. The van der Waals surface area contributed by atoms with Crippen LogP contribution in [0.5, 0.6) is 0 Å². The van der Waals surface area contributed by atoms with Crippen LogP contribution in [0.15, 0.2) is 6.07 Å². The summed E-state index contributed by atoms with van der Waals surface area (Å²) in [4.78, 5) is 44.6. The molecule has 3 aliphatic rings. The fourth-order valence-corrected chi connectivity index (χ4v) is 6.59. The predicted octanol–water partition coefficient (Wildman–Crippen LogP) is 2.32. The highest BCUT2D eigenvalue weighted by Crippen LogP contribution is 2.51. The number of morpholine rings is 1. The van der Waals surface area contributed by atoms with Gasteiger partial charge in [-0.2, -0.15) is 0 Å². The lowest BCUT2D eigenvalue weighted by molar-refractivity contribution is -0.173. The number of hydrogen-bond donors (Lipinski definition) is 0. The summed E-state index contributed by atoms with van der Waals surface area (Å²) in [5.74, 6) is -3.81. The van der Waals surface area contributed by atoms with E-state index in [1.54, 1.807) is 20.8 Å². The number of barbiturate groups is 1. The van der Waals surface area contributed by atoms with Crippen LogP contribution >= 0.6 is 11.3 Å². The Hall–Kier alpha value is -3.07. The van der Waals surface area contributed by atoms with Crippen molar-refractivity contribution in [2.75, 3.05) is 39.1 Å². The second kappa shape index (κ2) is 9.59.